The fourth-order valence-corrected chi connectivity index (χ4v) is 1.66. The molecule has 0 saturated carbocycles. The highest BCUT2D eigenvalue weighted by molar-refractivity contribution is 5.92. The Bertz CT molecular complexity index is 654. The SMILES string of the molecule is Cc1ccc(NC(=O)Cn2ccnn2)c(C#CCO)c1. The summed E-state index contributed by atoms with van der Waals surface area (Å²) in [6.07, 6.45) is 3.12. The number of nitrogens with zero attached hydrogens (tertiary/aromatic N) is 3. The Labute approximate surface area is 116 Å². The smallest absolute Gasteiger partial charge is 0.246 e. The molecule has 0 spiro atoms. The van der Waals surface area contributed by atoms with Gasteiger partial charge in [-0.15, -0.1) is 5.10 Å². The van der Waals surface area contributed by atoms with Gasteiger partial charge in [0.15, 0.2) is 0 Å². The van der Waals surface area contributed by atoms with Gasteiger partial charge in [0.1, 0.15) is 13.2 Å². The van der Waals surface area contributed by atoms with E-state index in [1.165, 1.54) is 10.9 Å². The number of amides is 1. The van der Waals surface area contributed by atoms with E-state index in [1.54, 1.807) is 12.3 Å². The first-order valence-electron chi connectivity index (χ1n) is 6.03. The van der Waals surface area contributed by atoms with Crippen molar-refractivity contribution in [3.63, 3.8) is 0 Å². The molecule has 0 aliphatic heterocycles. The maximum atomic E-state index is 11.9. The monoisotopic (exact) mass is 270 g/mol. The quantitative estimate of drug-likeness (QED) is 0.799. The molecule has 1 amide bonds. The van der Waals surface area contributed by atoms with E-state index < -0.39 is 0 Å². The molecule has 6 heteroatoms. The van der Waals surface area contributed by atoms with E-state index >= 15 is 0 Å². The minimum Gasteiger partial charge on any atom is -0.384 e. The molecule has 0 bridgehead atoms. The second kappa shape index (κ2) is 6.50. The highest BCUT2D eigenvalue weighted by atomic mass is 16.2. The summed E-state index contributed by atoms with van der Waals surface area (Å²) in [5, 5.41) is 18.9. The lowest BCUT2D eigenvalue weighted by Crippen LogP contribution is -2.19. The first-order chi connectivity index (χ1) is 9.69. The summed E-state index contributed by atoms with van der Waals surface area (Å²) in [4.78, 5) is 11.9. The Morgan fingerprint density at radius 1 is 1.50 bits per heavy atom. The van der Waals surface area contributed by atoms with E-state index in [0.29, 0.717) is 11.3 Å². The first kappa shape index (κ1) is 13.8. The molecule has 0 atom stereocenters. The molecule has 0 fully saturated rings. The van der Waals surface area contributed by atoms with Crippen LogP contribution in [0, 0.1) is 18.8 Å². The van der Waals surface area contributed by atoms with Crippen molar-refractivity contribution in [2.75, 3.05) is 11.9 Å². The Kier molecular flexibility index (Phi) is 4.47. The van der Waals surface area contributed by atoms with Gasteiger partial charge in [-0.25, -0.2) is 4.68 Å². The van der Waals surface area contributed by atoms with E-state index in [4.69, 9.17) is 5.11 Å². The topological polar surface area (TPSA) is 80.0 Å². The number of hydrogen-bond acceptors (Lipinski definition) is 4. The van der Waals surface area contributed by atoms with Gasteiger partial charge in [0.05, 0.1) is 11.9 Å². The van der Waals surface area contributed by atoms with Crippen LogP contribution in [0.25, 0.3) is 0 Å². The van der Waals surface area contributed by atoms with Crippen LogP contribution in [0.1, 0.15) is 11.1 Å². The van der Waals surface area contributed by atoms with Gasteiger partial charge in [-0.2, -0.15) is 0 Å². The summed E-state index contributed by atoms with van der Waals surface area (Å²) in [6, 6.07) is 5.53. The van der Waals surface area contributed by atoms with Crippen LogP contribution >= 0.6 is 0 Å². The molecule has 2 rings (SSSR count). The third-order valence-electron chi connectivity index (χ3n) is 2.53. The van der Waals surface area contributed by atoms with Gasteiger partial charge in [-0.05, 0) is 24.6 Å². The fourth-order valence-electron chi connectivity index (χ4n) is 1.66. The molecule has 0 saturated heterocycles. The van der Waals surface area contributed by atoms with E-state index in [2.05, 4.69) is 27.5 Å². The number of aryl methyl sites for hydroxylation is 1. The zero-order chi connectivity index (χ0) is 14.4. The standard InChI is InChI=1S/C14H14N4O2/c1-11-4-5-13(12(9-11)3-2-8-19)16-14(20)10-18-7-6-15-17-18/h4-7,9,19H,8,10H2,1H3,(H,16,20). The van der Waals surface area contributed by atoms with Crippen molar-refractivity contribution in [3.8, 4) is 11.8 Å². The first-order valence-corrected chi connectivity index (χ1v) is 6.03. The van der Waals surface area contributed by atoms with Crippen molar-refractivity contribution >= 4 is 11.6 Å². The van der Waals surface area contributed by atoms with Crippen LogP contribution in [0.4, 0.5) is 5.69 Å². The van der Waals surface area contributed by atoms with E-state index in [1.807, 2.05) is 19.1 Å². The molecule has 0 unspecified atom stereocenters. The highest BCUT2D eigenvalue weighted by Crippen LogP contribution is 2.16. The van der Waals surface area contributed by atoms with Crippen LogP contribution in [-0.2, 0) is 11.3 Å². The number of rotatable bonds is 3. The molecular weight excluding hydrogens is 256 g/mol. The highest BCUT2D eigenvalue weighted by Gasteiger charge is 2.07. The fraction of sp³-hybridized carbons (Fsp3) is 0.214. The van der Waals surface area contributed by atoms with Gasteiger partial charge < -0.3 is 10.4 Å². The normalized spacial score (nSPS) is 9.70. The van der Waals surface area contributed by atoms with E-state index in [9.17, 15) is 4.79 Å². The lowest BCUT2D eigenvalue weighted by molar-refractivity contribution is -0.116. The van der Waals surface area contributed by atoms with Gasteiger partial charge in [-0.1, -0.05) is 23.1 Å². The lowest BCUT2D eigenvalue weighted by Gasteiger charge is -2.08. The minimum absolute atomic E-state index is 0.0841. The number of anilines is 1. The number of aliphatic hydroxyl groups is 1. The molecule has 1 aromatic heterocycles. The van der Waals surface area contributed by atoms with Crippen LogP contribution < -0.4 is 5.32 Å². The molecule has 1 heterocycles. The molecule has 2 N–H and O–H groups in total. The molecule has 102 valence electrons. The summed E-state index contributed by atoms with van der Waals surface area (Å²) in [7, 11) is 0. The predicted molar refractivity (Wildman–Crippen MR) is 73.8 cm³/mol. The molecule has 1 aromatic carbocycles. The number of aliphatic hydroxyl groups excluding tert-OH is 1. The van der Waals surface area contributed by atoms with Crippen LogP contribution in [-0.4, -0.2) is 32.6 Å². The van der Waals surface area contributed by atoms with Gasteiger partial charge in [0, 0.05) is 11.8 Å². The van der Waals surface area contributed by atoms with E-state index in [-0.39, 0.29) is 19.1 Å². The van der Waals surface area contributed by atoms with Crippen LogP contribution in [0.5, 0.6) is 0 Å². The molecule has 6 nitrogen and oxygen atoms in total. The number of benzene rings is 1. The molecule has 2 aromatic rings. The third-order valence-corrected chi connectivity index (χ3v) is 2.53. The summed E-state index contributed by atoms with van der Waals surface area (Å²) < 4.78 is 1.43. The zero-order valence-corrected chi connectivity index (χ0v) is 11.0. The van der Waals surface area contributed by atoms with Crippen LogP contribution in [0.2, 0.25) is 0 Å². The zero-order valence-electron chi connectivity index (χ0n) is 11.0. The molecule has 0 aliphatic rings. The summed E-state index contributed by atoms with van der Waals surface area (Å²) in [5.74, 6) is 5.18. The average Bonchev–Trinajstić information content (AvgIpc) is 2.91. The third kappa shape index (κ3) is 3.67. The number of hydrogen-bond donors (Lipinski definition) is 2. The van der Waals surface area contributed by atoms with Gasteiger partial charge in [0.25, 0.3) is 0 Å². The number of carbonyl (C=O) groups is 1. The second-order valence-electron chi connectivity index (χ2n) is 4.16. The van der Waals surface area contributed by atoms with Crippen molar-refractivity contribution in [3.05, 3.63) is 41.7 Å². The average molecular weight is 270 g/mol. The molecular formula is C14H14N4O2. The number of carbonyl (C=O) groups excluding carboxylic acids is 1. The Morgan fingerprint density at radius 3 is 3.05 bits per heavy atom. The summed E-state index contributed by atoms with van der Waals surface area (Å²) in [6.45, 7) is 1.80. The Balaban J connectivity index is 2.14. The van der Waals surface area contributed by atoms with Gasteiger partial charge in [-0.3, -0.25) is 4.79 Å². The molecule has 0 aliphatic carbocycles. The minimum atomic E-state index is -0.222. The van der Waals surface area contributed by atoms with Crippen LogP contribution in [0.15, 0.2) is 30.6 Å². The van der Waals surface area contributed by atoms with Crippen molar-refractivity contribution in [2.24, 2.45) is 0 Å². The molecule has 20 heavy (non-hydrogen) atoms. The predicted octanol–water partition coefficient (Wildman–Crippen LogP) is 0.569. The lowest BCUT2D eigenvalue weighted by atomic mass is 10.1. The Hall–Kier alpha value is -2.65. The van der Waals surface area contributed by atoms with Gasteiger partial charge >= 0.3 is 0 Å². The van der Waals surface area contributed by atoms with Crippen molar-refractivity contribution in [1.29, 1.82) is 0 Å². The van der Waals surface area contributed by atoms with Crippen molar-refractivity contribution in [2.45, 2.75) is 13.5 Å². The number of nitrogens with one attached hydrogen (secondary N) is 1. The maximum Gasteiger partial charge on any atom is 0.246 e. The largest absolute Gasteiger partial charge is 0.384 e. The van der Waals surface area contributed by atoms with E-state index in [0.717, 1.165) is 5.56 Å². The number of aromatic nitrogens is 3. The van der Waals surface area contributed by atoms with Crippen molar-refractivity contribution in [1.82, 2.24) is 15.0 Å². The molecule has 0 radical (unpaired) electrons. The van der Waals surface area contributed by atoms with Crippen molar-refractivity contribution < 1.29 is 9.90 Å². The second-order valence-corrected chi connectivity index (χ2v) is 4.16. The maximum absolute atomic E-state index is 11.9. The Morgan fingerprint density at radius 2 is 2.35 bits per heavy atom. The van der Waals surface area contributed by atoms with Crippen LogP contribution in [0.3, 0.4) is 0 Å². The summed E-state index contributed by atoms with van der Waals surface area (Å²) >= 11 is 0. The van der Waals surface area contributed by atoms with Gasteiger partial charge in [0.2, 0.25) is 5.91 Å². The summed E-state index contributed by atoms with van der Waals surface area (Å²) in [5.41, 5.74) is 2.31.